The molecule has 1 N–H and O–H groups in total. The summed E-state index contributed by atoms with van der Waals surface area (Å²) in [6.07, 6.45) is 6.70. The first-order valence-corrected chi connectivity index (χ1v) is 10.6. The highest BCUT2D eigenvalue weighted by Crippen LogP contribution is 2.31. The van der Waals surface area contributed by atoms with Crippen molar-refractivity contribution < 1.29 is 14.3 Å². The molecule has 1 heterocycles. The molecule has 1 aromatic carbocycles. The second-order valence-corrected chi connectivity index (χ2v) is 8.07. The van der Waals surface area contributed by atoms with Crippen LogP contribution in [0.4, 0.5) is 0 Å². The van der Waals surface area contributed by atoms with E-state index in [0.29, 0.717) is 24.2 Å². The fourth-order valence-corrected chi connectivity index (χ4v) is 4.48. The standard InChI is InChI=1S/C20H28N2O3S/c1-22(15-7-3-2-4-8-15)20(24)14-26-13-19(23)21-17-11-12-25-18-10-6-5-9-16(17)18/h5-6,9-10,15,17H,2-4,7-8,11-14H2,1H3,(H,21,23)/t17-/m0/s1. The van der Waals surface area contributed by atoms with Crippen LogP contribution in [-0.4, -0.2) is 47.9 Å². The van der Waals surface area contributed by atoms with Crippen LogP contribution in [0.25, 0.3) is 0 Å². The largest absolute Gasteiger partial charge is 0.493 e. The van der Waals surface area contributed by atoms with Gasteiger partial charge < -0.3 is 15.0 Å². The van der Waals surface area contributed by atoms with Gasteiger partial charge in [0.05, 0.1) is 24.2 Å². The van der Waals surface area contributed by atoms with E-state index in [4.69, 9.17) is 4.74 Å². The third kappa shape index (κ3) is 4.93. The fraction of sp³-hybridized carbons (Fsp3) is 0.600. The van der Waals surface area contributed by atoms with Crippen LogP contribution in [-0.2, 0) is 9.59 Å². The summed E-state index contributed by atoms with van der Waals surface area (Å²) in [5, 5.41) is 3.08. The van der Waals surface area contributed by atoms with Crippen molar-refractivity contribution in [1.29, 1.82) is 0 Å². The summed E-state index contributed by atoms with van der Waals surface area (Å²) < 4.78 is 5.63. The molecule has 6 heteroatoms. The smallest absolute Gasteiger partial charge is 0.232 e. The van der Waals surface area contributed by atoms with Crippen molar-refractivity contribution in [2.45, 2.75) is 50.6 Å². The Morgan fingerprint density at radius 3 is 2.73 bits per heavy atom. The van der Waals surface area contributed by atoms with Crippen molar-refractivity contribution in [2.75, 3.05) is 25.2 Å². The molecule has 1 aliphatic heterocycles. The number of carbonyl (C=O) groups is 2. The van der Waals surface area contributed by atoms with Crippen LogP contribution in [0.5, 0.6) is 5.75 Å². The normalized spacial score (nSPS) is 20.0. The predicted molar refractivity (Wildman–Crippen MR) is 104 cm³/mol. The number of rotatable bonds is 6. The lowest BCUT2D eigenvalue weighted by molar-refractivity contribution is -0.129. The SMILES string of the molecule is CN(C(=O)CSCC(=O)N[C@H]1CCOc2ccccc21)C1CCCCC1. The summed E-state index contributed by atoms with van der Waals surface area (Å²) in [5.41, 5.74) is 1.03. The van der Waals surface area contributed by atoms with E-state index in [1.807, 2.05) is 36.2 Å². The van der Waals surface area contributed by atoms with E-state index >= 15 is 0 Å². The number of nitrogens with zero attached hydrogens (tertiary/aromatic N) is 1. The molecule has 0 aromatic heterocycles. The molecular weight excluding hydrogens is 348 g/mol. The number of benzene rings is 1. The Morgan fingerprint density at radius 1 is 1.15 bits per heavy atom. The molecule has 1 aromatic rings. The van der Waals surface area contributed by atoms with E-state index in [-0.39, 0.29) is 17.9 Å². The molecule has 1 saturated carbocycles. The maximum atomic E-state index is 12.3. The summed E-state index contributed by atoms with van der Waals surface area (Å²) in [4.78, 5) is 26.5. The van der Waals surface area contributed by atoms with Gasteiger partial charge in [0.25, 0.3) is 0 Å². The minimum Gasteiger partial charge on any atom is -0.493 e. The molecule has 0 spiro atoms. The molecular formula is C20H28N2O3S. The number of amides is 2. The summed E-state index contributed by atoms with van der Waals surface area (Å²) >= 11 is 1.40. The summed E-state index contributed by atoms with van der Waals surface area (Å²) in [6.45, 7) is 0.611. The van der Waals surface area contributed by atoms with Crippen LogP contribution < -0.4 is 10.1 Å². The van der Waals surface area contributed by atoms with Gasteiger partial charge in [0.15, 0.2) is 0 Å². The zero-order valence-corrected chi connectivity index (χ0v) is 16.2. The first-order valence-electron chi connectivity index (χ1n) is 9.49. The van der Waals surface area contributed by atoms with Crippen molar-refractivity contribution in [2.24, 2.45) is 0 Å². The Hall–Kier alpha value is -1.69. The van der Waals surface area contributed by atoms with E-state index in [0.717, 1.165) is 30.6 Å². The van der Waals surface area contributed by atoms with Crippen LogP contribution in [0, 0.1) is 0 Å². The van der Waals surface area contributed by atoms with Crippen molar-refractivity contribution in [1.82, 2.24) is 10.2 Å². The lowest BCUT2D eigenvalue weighted by atomic mass is 9.94. The lowest BCUT2D eigenvalue weighted by Gasteiger charge is -2.31. The highest BCUT2D eigenvalue weighted by molar-refractivity contribution is 8.00. The minimum atomic E-state index is -0.0233. The van der Waals surface area contributed by atoms with Crippen LogP contribution in [0.15, 0.2) is 24.3 Å². The van der Waals surface area contributed by atoms with Crippen molar-refractivity contribution in [3.05, 3.63) is 29.8 Å². The molecule has 0 bridgehead atoms. The van der Waals surface area contributed by atoms with Crippen LogP contribution in [0.3, 0.4) is 0 Å². The van der Waals surface area contributed by atoms with Crippen LogP contribution in [0.1, 0.15) is 50.1 Å². The molecule has 26 heavy (non-hydrogen) atoms. The minimum absolute atomic E-state index is 0.00587. The molecule has 142 valence electrons. The Bertz CT molecular complexity index is 631. The van der Waals surface area contributed by atoms with Crippen LogP contribution in [0.2, 0.25) is 0 Å². The maximum absolute atomic E-state index is 12.3. The average molecular weight is 377 g/mol. The van der Waals surface area contributed by atoms with Gasteiger partial charge in [-0.05, 0) is 18.9 Å². The molecule has 0 saturated heterocycles. The third-order valence-corrected chi connectivity index (χ3v) is 6.19. The number of hydrogen-bond acceptors (Lipinski definition) is 4. The number of fused-ring (bicyclic) bond motifs is 1. The van der Waals surface area contributed by atoms with E-state index in [1.165, 1.54) is 31.0 Å². The van der Waals surface area contributed by atoms with E-state index < -0.39 is 0 Å². The second kappa shape index (κ2) is 9.31. The van der Waals surface area contributed by atoms with E-state index in [9.17, 15) is 9.59 Å². The van der Waals surface area contributed by atoms with Gasteiger partial charge >= 0.3 is 0 Å². The highest BCUT2D eigenvalue weighted by atomic mass is 32.2. The monoisotopic (exact) mass is 376 g/mol. The van der Waals surface area contributed by atoms with Crippen molar-refractivity contribution >= 4 is 23.6 Å². The number of hydrogen-bond donors (Lipinski definition) is 1. The molecule has 1 fully saturated rings. The van der Waals surface area contributed by atoms with Gasteiger partial charge in [0.1, 0.15) is 5.75 Å². The summed E-state index contributed by atoms with van der Waals surface area (Å²) in [6, 6.07) is 8.20. The Balaban J connectivity index is 1.41. The fourth-order valence-electron chi connectivity index (χ4n) is 3.73. The number of para-hydroxylation sites is 1. The van der Waals surface area contributed by atoms with Crippen molar-refractivity contribution in [3.63, 3.8) is 0 Å². The highest BCUT2D eigenvalue weighted by Gasteiger charge is 2.24. The van der Waals surface area contributed by atoms with Crippen LogP contribution >= 0.6 is 11.8 Å². The molecule has 0 radical (unpaired) electrons. The maximum Gasteiger partial charge on any atom is 0.232 e. The van der Waals surface area contributed by atoms with Gasteiger partial charge in [-0.25, -0.2) is 0 Å². The van der Waals surface area contributed by atoms with Gasteiger partial charge in [-0.3, -0.25) is 9.59 Å². The van der Waals surface area contributed by atoms with E-state index in [2.05, 4.69) is 5.32 Å². The first kappa shape index (κ1) is 19.1. The van der Waals surface area contributed by atoms with Gasteiger partial charge in [-0.1, -0.05) is 37.5 Å². The van der Waals surface area contributed by atoms with Gasteiger partial charge in [-0.2, -0.15) is 0 Å². The zero-order valence-electron chi connectivity index (χ0n) is 15.4. The van der Waals surface area contributed by atoms with Gasteiger partial charge in [0.2, 0.25) is 11.8 Å². The number of thioether (sulfide) groups is 1. The van der Waals surface area contributed by atoms with E-state index in [1.54, 1.807) is 0 Å². The quantitative estimate of drug-likeness (QED) is 0.829. The molecule has 1 atom stereocenters. The topological polar surface area (TPSA) is 58.6 Å². The number of carbonyl (C=O) groups excluding carboxylic acids is 2. The summed E-state index contributed by atoms with van der Waals surface area (Å²) in [5.74, 6) is 1.63. The molecule has 0 unspecified atom stereocenters. The average Bonchev–Trinajstić information content (AvgIpc) is 2.68. The Morgan fingerprint density at radius 2 is 1.92 bits per heavy atom. The Labute approximate surface area is 159 Å². The molecule has 2 aliphatic rings. The van der Waals surface area contributed by atoms with Gasteiger partial charge in [0, 0.05) is 25.1 Å². The second-order valence-electron chi connectivity index (χ2n) is 7.08. The van der Waals surface area contributed by atoms with Gasteiger partial charge in [-0.15, -0.1) is 11.8 Å². The number of ether oxygens (including phenoxy) is 1. The predicted octanol–water partition coefficient (Wildman–Crippen LogP) is 3.15. The molecule has 1 aliphatic carbocycles. The third-order valence-electron chi connectivity index (χ3n) is 5.27. The molecule has 3 rings (SSSR count). The first-order chi connectivity index (χ1) is 12.6. The zero-order chi connectivity index (χ0) is 18.4. The number of nitrogens with one attached hydrogen (secondary N) is 1. The Kier molecular flexibility index (Phi) is 6.83. The molecule has 2 amide bonds. The lowest BCUT2D eigenvalue weighted by Crippen LogP contribution is -2.39. The van der Waals surface area contributed by atoms with Crippen molar-refractivity contribution in [3.8, 4) is 5.75 Å². The summed E-state index contributed by atoms with van der Waals surface area (Å²) in [7, 11) is 1.90. The molecule has 5 nitrogen and oxygen atoms in total.